The van der Waals surface area contributed by atoms with Gasteiger partial charge in [-0.2, -0.15) is 0 Å². The number of carboxylic acid groups (broad SMARTS) is 1. The van der Waals surface area contributed by atoms with Gasteiger partial charge in [0.1, 0.15) is 12.1 Å². The molecule has 0 spiro atoms. The molecule has 4 amide bonds. The highest BCUT2D eigenvalue weighted by Gasteiger charge is 2.27. The number of primary amides is 1. The van der Waals surface area contributed by atoms with E-state index < -0.39 is 54.3 Å². The van der Waals surface area contributed by atoms with Gasteiger partial charge in [0.25, 0.3) is 0 Å². The van der Waals surface area contributed by atoms with Crippen LogP contribution in [0.5, 0.6) is 0 Å². The summed E-state index contributed by atoms with van der Waals surface area (Å²) in [5.41, 5.74) is 11.3. The van der Waals surface area contributed by atoms with Gasteiger partial charge in [-0.3, -0.25) is 19.2 Å². The van der Waals surface area contributed by atoms with Gasteiger partial charge in [0.05, 0.1) is 18.9 Å². The molecule has 0 aliphatic rings. The van der Waals surface area contributed by atoms with Crippen molar-refractivity contribution in [1.29, 1.82) is 0 Å². The number of amides is 4. The van der Waals surface area contributed by atoms with Gasteiger partial charge in [-0.25, -0.2) is 9.78 Å². The monoisotopic (exact) mass is 453 g/mol. The van der Waals surface area contributed by atoms with E-state index in [0.717, 1.165) is 0 Å². The molecular formula is C19H31N7O6. The SMILES string of the molecule is CCC(C)C(NC(=O)CNC(=O)C(Cc1cnc[nH]1)NC(=O)C(N)CCC(N)=O)C(=O)O. The van der Waals surface area contributed by atoms with Gasteiger partial charge in [-0.05, 0) is 12.3 Å². The maximum atomic E-state index is 12.6. The molecule has 32 heavy (non-hydrogen) atoms. The van der Waals surface area contributed by atoms with E-state index in [1.165, 1.54) is 12.5 Å². The van der Waals surface area contributed by atoms with Gasteiger partial charge < -0.3 is 37.5 Å². The molecule has 13 nitrogen and oxygen atoms in total. The Morgan fingerprint density at radius 1 is 1.19 bits per heavy atom. The number of H-pyrrole nitrogens is 1. The van der Waals surface area contributed by atoms with E-state index >= 15 is 0 Å². The predicted octanol–water partition coefficient (Wildman–Crippen LogP) is -2.24. The maximum Gasteiger partial charge on any atom is 0.326 e. The second-order valence-corrected chi connectivity index (χ2v) is 7.44. The molecule has 1 aromatic heterocycles. The molecule has 0 radical (unpaired) electrons. The minimum atomic E-state index is -1.17. The van der Waals surface area contributed by atoms with Crippen LogP contribution in [-0.2, 0) is 30.4 Å². The number of carboxylic acids is 1. The molecule has 1 aromatic rings. The third-order valence-corrected chi connectivity index (χ3v) is 4.87. The number of carbonyl (C=O) groups excluding carboxylic acids is 4. The third-order valence-electron chi connectivity index (χ3n) is 4.87. The number of hydrogen-bond acceptors (Lipinski definition) is 7. The lowest BCUT2D eigenvalue weighted by molar-refractivity contribution is -0.143. The second-order valence-electron chi connectivity index (χ2n) is 7.44. The molecule has 1 heterocycles. The van der Waals surface area contributed by atoms with Crippen molar-refractivity contribution in [3.63, 3.8) is 0 Å². The van der Waals surface area contributed by atoms with E-state index in [0.29, 0.717) is 12.1 Å². The smallest absolute Gasteiger partial charge is 0.326 e. The molecule has 178 valence electrons. The van der Waals surface area contributed by atoms with Crippen LogP contribution in [0.25, 0.3) is 0 Å². The number of aliphatic carboxylic acids is 1. The van der Waals surface area contributed by atoms with E-state index in [2.05, 4.69) is 25.9 Å². The Hall–Kier alpha value is -3.48. The highest BCUT2D eigenvalue weighted by Crippen LogP contribution is 2.07. The molecule has 4 unspecified atom stereocenters. The van der Waals surface area contributed by atoms with Crippen LogP contribution >= 0.6 is 0 Å². The summed E-state index contributed by atoms with van der Waals surface area (Å²) in [5.74, 6) is -4.12. The minimum absolute atomic E-state index is 0.00809. The summed E-state index contributed by atoms with van der Waals surface area (Å²) in [7, 11) is 0. The van der Waals surface area contributed by atoms with E-state index in [-0.39, 0.29) is 25.2 Å². The van der Waals surface area contributed by atoms with Crippen molar-refractivity contribution >= 4 is 29.6 Å². The van der Waals surface area contributed by atoms with Crippen molar-refractivity contribution in [2.24, 2.45) is 17.4 Å². The maximum absolute atomic E-state index is 12.6. The van der Waals surface area contributed by atoms with Crippen LogP contribution in [0.3, 0.4) is 0 Å². The van der Waals surface area contributed by atoms with Crippen molar-refractivity contribution in [3.8, 4) is 0 Å². The second kappa shape index (κ2) is 13.0. The highest BCUT2D eigenvalue weighted by atomic mass is 16.4. The number of carbonyl (C=O) groups is 5. The van der Waals surface area contributed by atoms with Crippen LogP contribution in [0.4, 0.5) is 0 Å². The zero-order valence-corrected chi connectivity index (χ0v) is 18.1. The molecule has 0 aliphatic heterocycles. The Bertz CT molecular complexity index is 798. The van der Waals surface area contributed by atoms with E-state index in [4.69, 9.17) is 11.5 Å². The molecule has 0 saturated heterocycles. The summed E-state index contributed by atoms with van der Waals surface area (Å²) in [6, 6.07) is -3.25. The summed E-state index contributed by atoms with van der Waals surface area (Å²) in [6.07, 6.45) is 3.36. The molecule has 1 rings (SSSR count). The third kappa shape index (κ3) is 9.12. The molecule has 9 N–H and O–H groups in total. The zero-order valence-electron chi connectivity index (χ0n) is 18.1. The highest BCUT2D eigenvalue weighted by molar-refractivity contribution is 5.92. The van der Waals surface area contributed by atoms with E-state index in [9.17, 15) is 29.1 Å². The van der Waals surface area contributed by atoms with Crippen molar-refractivity contribution in [2.45, 2.75) is 57.7 Å². The quantitative estimate of drug-likeness (QED) is 0.163. The number of nitrogens with two attached hydrogens (primary N) is 2. The summed E-state index contributed by atoms with van der Waals surface area (Å²) >= 11 is 0. The number of imidazole rings is 1. The topological polar surface area (TPSA) is 222 Å². The van der Waals surface area contributed by atoms with Crippen LogP contribution in [-0.4, -0.2) is 69.3 Å². The van der Waals surface area contributed by atoms with Crippen molar-refractivity contribution in [3.05, 3.63) is 18.2 Å². The largest absolute Gasteiger partial charge is 0.480 e. The summed E-state index contributed by atoms with van der Waals surface area (Å²) in [4.78, 5) is 66.0. The van der Waals surface area contributed by atoms with Crippen LogP contribution < -0.4 is 27.4 Å². The lowest BCUT2D eigenvalue weighted by atomic mass is 9.99. The molecule has 0 fully saturated rings. The minimum Gasteiger partial charge on any atom is -0.480 e. The number of aromatic nitrogens is 2. The molecule has 4 atom stereocenters. The normalized spacial score (nSPS) is 14.5. The van der Waals surface area contributed by atoms with Gasteiger partial charge in [-0.15, -0.1) is 0 Å². The first kappa shape index (κ1) is 26.6. The Morgan fingerprint density at radius 3 is 2.41 bits per heavy atom. The van der Waals surface area contributed by atoms with Gasteiger partial charge in [0.2, 0.25) is 23.6 Å². The summed E-state index contributed by atoms with van der Waals surface area (Å²) in [5, 5.41) is 16.5. The Balaban J connectivity index is 2.74. The van der Waals surface area contributed by atoms with Gasteiger partial charge in [-0.1, -0.05) is 20.3 Å². The van der Waals surface area contributed by atoms with Crippen molar-refractivity contribution < 1.29 is 29.1 Å². The Morgan fingerprint density at radius 2 is 1.88 bits per heavy atom. The average molecular weight is 454 g/mol. The first-order valence-corrected chi connectivity index (χ1v) is 10.2. The standard InChI is InChI=1S/C19H31N7O6/c1-3-10(2)16(19(31)32)26-15(28)8-23-18(30)13(6-11-7-22-9-24-11)25-17(29)12(20)4-5-14(21)27/h7,9-10,12-13,16H,3-6,8,20H2,1-2H3,(H2,21,27)(H,22,24)(H,23,30)(H,25,29)(H,26,28)(H,31,32). The van der Waals surface area contributed by atoms with Crippen molar-refractivity contribution in [2.75, 3.05) is 6.54 Å². The predicted molar refractivity (Wildman–Crippen MR) is 113 cm³/mol. The van der Waals surface area contributed by atoms with Gasteiger partial charge in [0, 0.05) is 24.7 Å². The summed E-state index contributed by atoms with van der Waals surface area (Å²) in [6.45, 7) is 3.00. The van der Waals surface area contributed by atoms with Crippen LogP contribution in [0.2, 0.25) is 0 Å². The lowest BCUT2D eigenvalue weighted by Crippen LogP contribution is -2.54. The number of nitrogens with zero attached hydrogens (tertiary/aromatic N) is 1. The average Bonchev–Trinajstić information content (AvgIpc) is 3.25. The number of nitrogens with one attached hydrogen (secondary N) is 4. The fourth-order valence-corrected chi connectivity index (χ4v) is 2.73. The van der Waals surface area contributed by atoms with Crippen LogP contribution in [0.1, 0.15) is 38.8 Å². The molecule has 0 aliphatic carbocycles. The van der Waals surface area contributed by atoms with E-state index in [1.54, 1.807) is 13.8 Å². The molecule has 0 saturated carbocycles. The number of rotatable bonds is 14. The fourth-order valence-electron chi connectivity index (χ4n) is 2.73. The van der Waals surface area contributed by atoms with Crippen molar-refractivity contribution in [1.82, 2.24) is 25.9 Å². The molecular weight excluding hydrogens is 422 g/mol. The summed E-state index contributed by atoms with van der Waals surface area (Å²) < 4.78 is 0. The fraction of sp³-hybridized carbons (Fsp3) is 0.579. The Kier molecular flexibility index (Phi) is 10.8. The van der Waals surface area contributed by atoms with Crippen LogP contribution in [0.15, 0.2) is 12.5 Å². The molecule has 0 aromatic carbocycles. The first-order valence-electron chi connectivity index (χ1n) is 10.2. The van der Waals surface area contributed by atoms with E-state index in [1.807, 2.05) is 0 Å². The van der Waals surface area contributed by atoms with Crippen LogP contribution in [0, 0.1) is 5.92 Å². The number of aromatic amines is 1. The first-order chi connectivity index (χ1) is 15.0. The van der Waals surface area contributed by atoms with Gasteiger partial charge in [0.15, 0.2) is 0 Å². The number of hydrogen-bond donors (Lipinski definition) is 7. The zero-order chi connectivity index (χ0) is 24.3. The lowest BCUT2D eigenvalue weighted by Gasteiger charge is -2.22. The van der Waals surface area contributed by atoms with Gasteiger partial charge >= 0.3 is 5.97 Å². The Labute approximate surface area is 185 Å². The molecule has 0 bridgehead atoms. The molecule has 13 heteroatoms.